The molecular weight excluding hydrogens is 310 g/mol. The van der Waals surface area contributed by atoms with Crippen LogP contribution in [0.5, 0.6) is 0 Å². The van der Waals surface area contributed by atoms with E-state index in [4.69, 9.17) is 5.73 Å². The monoisotopic (exact) mass is 334 g/mol. The van der Waals surface area contributed by atoms with Gasteiger partial charge >= 0.3 is 0 Å². The maximum Gasteiger partial charge on any atom is 0.0467 e. The number of nitrogens with zero attached hydrogens (tertiary/aromatic N) is 2. The van der Waals surface area contributed by atoms with Gasteiger partial charge in [-0.15, -0.1) is 0 Å². The lowest BCUT2D eigenvalue weighted by molar-refractivity contribution is -0.213. The second kappa shape index (κ2) is 9.42. The Balaban J connectivity index is 2.02. The van der Waals surface area contributed by atoms with E-state index in [9.17, 15) is 5.11 Å². The lowest BCUT2D eigenvalue weighted by atomic mass is 10.1. The van der Waals surface area contributed by atoms with Crippen LogP contribution in [0, 0.1) is 0 Å². The van der Waals surface area contributed by atoms with E-state index < -0.39 is 0 Å². The fraction of sp³-hybridized carbons (Fsp3) is 0.238. The fourth-order valence-electron chi connectivity index (χ4n) is 2.45. The minimum absolute atomic E-state index is 0.0257. The van der Waals surface area contributed by atoms with Crippen molar-refractivity contribution in [2.24, 2.45) is 10.7 Å². The molecular formula is C21H24N3O-. The second-order valence-electron chi connectivity index (χ2n) is 5.99. The summed E-state index contributed by atoms with van der Waals surface area (Å²) in [5.74, 6) is -0.200. The van der Waals surface area contributed by atoms with Gasteiger partial charge in [0.05, 0.1) is 0 Å². The molecule has 130 valence electrons. The van der Waals surface area contributed by atoms with Gasteiger partial charge in [-0.1, -0.05) is 30.3 Å². The van der Waals surface area contributed by atoms with Gasteiger partial charge in [0.1, 0.15) is 0 Å². The van der Waals surface area contributed by atoms with Gasteiger partial charge < -0.3 is 10.8 Å². The van der Waals surface area contributed by atoms with Crippen LogP contribution in [0.4, 0.5) is 0 Å². The first-order valence-corrected chi connectivity index (χ1v) is 8.40. The zero-order valence-corrected chi connectivity index (χ0v) is 14.7. The minimum Gasteiger partial charge on any atom is -0.859 e. The van der Waals surface area contributed by atoms with Crippen LogP contribution in [-0.2, 0) is 6.42 Å². The summed E-state index contributed by atoms with van der Waals surface area (Å²) in [6.07, 6.45) is 8.40. The highest BCUT2D eigenvalue weighted by molar-refractivity contribution is 5.93. The van der Waals surface area contributed by atoms with Crippen LogP contribution in [-0.4, -0.2) is 16.9 Å². The standard InChI is InChI=1S/C21H25N3O/c1-16(14-20(15-22)19-10-12-23-13-11-19)21(25)24-17(2)8-9-18-6-4-3-5-7-18/h3-7,10-15,17H,8-9,22H2,1-2H3,(H,24,25)/p-1/b16-14+,20-15+. The number of hydrogen-bond donors (Lipinski definition) is 1. The first-order chi connectivity index (χ1) is 12.1. The van der Waals surface area contributed by atoms with Gasteiger partial charge in [0.2, 0.25) is 0 Å². The second-order valence-corrected chi connectivity index (χ2v) is 5.99. The molecule has 1 atom stereocenters. The highest BCUT2D eigenvalue weighted by atomic mass is 16.3. The summed E-state index contributed by atoms with van der Waals surface area (Å²) in [4.78, 5) is 8.27. The van der Waals surface area contributed by atoms with E-state index in [1.54, 1.807) is 25.4 Å². The number of pyridine rings is 1. The summed E-state index contributed by atoms with van der Waals surface area (Å²) < 4.78 is 0. The van der Waals surface area contributed by atoms with Gasteiger partial charge in [0, 0.05) is 24.6 Å². The van der Waals surface area contributed by atoms with E-state index in [-0.39, 0.29) is 11.9 Å². The van der Waals surface area contributed by atoms with Gasteiger partial charge in [-0.2, -0.15) is 0 Å². The largest absolute Gasteiger partial charge is 0.859 e. The third-order valence-corrected chi connectivity index (χ3v) is 3.93. The van der Waals surface area contributed by atoms with Crippen molar-refractivity contribution >= 4 is 11.5 Å². The van der Waals surface area contributed by atoms with E-state index in [1.165, 1.54) is 11.8 Å². The Hall–Kier alpha value is -2.88. The van der Waals surface area contributed by atoms with Gasteiger partial charge in [-0.3, -0.25) is 9.98 Å². The van der Waals surface area contributed by atoms with Crippen LogP contribution in [0.3, 0.4) is 0 Å². The molecule has 2 rings (SSSR count). The number of benzene rings is 1. The van der Waals surface area contributed by atoms with Crippen LogP contribution < -0.4 is 10.8 Å². The number of rotatable bonds is 7. The molecule has 1 aromatic heterocycles. The van der Waals surface area contributed by atoms with Crippen molar-refractivity contribution in [2.75, 3.05) is 0 Å². The van der Waals surface area contributed by atoms with Crippen molar-refractivity contribution in [1.29, 1.82) is 0 Å². The van der Waals surface area contributed by atoms with Crippen molar-refractivity contribution in [3.63, 3.8) is 0 Å². The van der Waals surface area contributed by atoms with E-state index >= 15 is 0 Å². The summed E-state index contributed by atoms with van der Waals surface area (Å²) in [7, 11) is 0. The van der Waals surface area contributed by atoms with Gasteiger partial charge in [-0.25, -0.2) is 0 Å². The van der Waals surface area contributed by atoms with Crippen molar-refractivity contribution in [3.8, 4) is 0 Å². The Bertz CT molecular complexity index is 749. The predicted molar refractivity (Wildman–Crippen MR) is 102 cm³/mol. The molecule has 0 saturated carbocycles. The number of aromatic nitrogens is 1. The SMILES string of the molecule is C/C(=C\C(=C/N)c1ccncc1)C([O-])=NC(C)CCc1ccccc1. The van der Waals surface area contributed by atoms with Crippen LogP contribution >= 0.6 is 0 Å². The Labute approximate surface area is 149 Å². The number of aryl methyl sites for hydroxylation is 1. The van der Waals surface area contributed by atoms with Crippen molar-refractivity contribution in [3.05, 3.63) is 83.8 Å². The number of hydrogen-bond acceptors (Lipinski definition) is 4. The Morgan fingerprint density at radius 2 is 1.88 bits per heavy atom. The van der Waals surface area contributed by atoms with Crippen LogP contribution in [0.2, 0.25) is 0 Å². The van der Waals surface area contributed by atoms with E-state index in [2.05, 4.69) is 22.1 Å². The molecule has 2 N–H and O–H groups in total. The van der Waals surface area contributed by atoms with Crippen molar-refractivity contribution < 1.29 is 5.11 Å². The topological polar surface area (TPSA) is 74.3 Å². The lowest BCUT2D eigenvalue weighted by Crippen LogP contribution is -2.21. The van der Waals surface area contributed by atoms with E-state index in [0.29, 0.717) is 5.57 Å². The molecule has 2 aromatic rings. The number of allylic oxidation sites excluding steroid dienone is 2. The molecule has 0 bridgehead atoms. The zero-order valence-electron chi connectivity index (χ0n) is 14.7. The molecule has 0 spiro atoms. The van der Waals surface area contributed by atoms with Crippen molar-refractivity contribution in [1.82, 2.24) is 4.98 Å². The maximum atomic E-state index is 12.3. The van der Waals surface area contributed by atoms with E-state index in [0.717, 1.165) is 24.0 Å². The Kier molecular flexibility index (Phi) is 6.96. The molecule has 1 aromatic carbocycles. The average molecular weight is 334 g/mol. The molecule has 0 radical (unpaired) electrons. The fourth-order valence-corrected chi connectivity index (χ4v) is 2.45. The lowest BCUT2D eigenvalue weighted by Gasteiger charge is -2.16. The smallest absolute Gasteiger partial charge is 0.0467 e. The maximum absolute atomic E-state index is 12.3. The quantitative estimate of drug-likeness (QED) is 0.480. The Morgan fingerprint density at radius 1 is 1.20 bits per heavy atom. The van der Waals surface area contributed by atoms with Gasteiger partial charge in [0.25, 0.3) is 0 Å². The number of aliphatic imine (C=N–C) groups is 1. The summed E-state index contributed by atoms with van der Waals surface area (Å²) in [6.45, 7) is 3.73. The Morgan fingerprint density at radius 3 is 2.52 bits per heavy atom. The molecule has 0 amide bonds. The summed E-state index contributed by atoms with van der Waals surface area (Å²) in [5.41, 5.74) is 9.22. The molecule has 0 aliphatic heterocycles. The summed E-state index contributed by atoms with van der Waals surface area (Å²) in [6, 6.07) is 13.9. The molecule has 0 saturated heterocycles. The molecule has 0 fully saturated rings. The van der Waals surface area contributed by atoms with Crippen LogP contribution in [0.15, 0.2) is 77.7 Å². The highest BCUT2D eigenvalue weighted by Gasteiger charge is 2.02. The van der Waals surface area contributed by atoms with Gasteiger partial charge in [-0.05, 0) is 73.1 Å². The molecule has 0 aliphatic rings. The third kappa shape index (κ3) is 5.92. The summed E-state index contributed by atoms with van der Waals surface area (Å²) >= 11 is 0. The molecule has 25 heavy (non-hydrogen) atoms. The molecule has 4 heteroatoms. The van der Waals surface area contributed by atoms with Crippen LogP contribution in [0.1, 0.15) is 31.4 Å². The van der Waals surface area contributed by atoms with Crippen LogP contribution in [0.25, 0.3) is 5.57 Å². The summed E-state index contributed by atoms with van der Waals surface area (Å²) in [5, 5.41) is 12.3. The molecule has 1 heterocycles. The highest BCUT2D eigenvalue weighted by Crippen LogP contribution is 2.16. The molecule has 4 nitrogen and oxygen atoms in total. The first kappa shape index (κ1) is 18.5. The third-order valence-electron chi connectivity index (χ3n) is 3.93. The molecule has 0 aliphatic carbocycles. The predicted octanol–water partition coefficient (Wildman–Crippen LogP) is 3.11. The van der Waals surface area contributed by atoms with Gasteiger partial charge in [0.15, 0.2) is 0 Å². The van der Waals surface area contributed by atoms with Crippen molar-refractivity contribution in [2.45, 2.75) is 32.7 Å². The minimum atomic E-state index is -0.200. The average Bonchev–Trinajstić information content (AvgIpc) is 2.65. The first-order valence-electron chi connectivity index (χ1n) is 8.40. The number of nitrogens with two attached hydrogens (primary N) is 1. The normalized spacial score (nSPS) is 14.4. The zero-order chi connectivity index (χ0) is 18.1. The van der Waals surface area contributed by atoms with E-state index in [1.807, 2.05) is 37.3 Å². The molecule has 1 unspecified atom stereocenters.